The molecule has 0 bridgehead atoms. The number of aryl methyl sites for hydroxylation is 1. The highest BCUT2D eigenvalue weighted by Gasteiger charge is 2.28. The van der Waals surface area contributed by atoms with E-state index in [1.54, 1.807) is 0 Å². The summed E-state index contributed by atoms with van der Waals surface area (Å²) in [4.78, 5) is 0. The molecule has 2 aromatic rings. The molecule has 0 aliphatic carbocycles. The number of hydrogen-bond acceptors (Lipinski definition) is 2. The smallest absolute Gasteiger partial charge is 0.261 e. The molecule has 94 valence electrons. The topological polar surface area (TPSA) is 26.3 Å². The Morgan fingerprint density at radius 3 is 2.22 bits per heavy atom. The Hall–Kier alpha value is -1.37. The van der Waals surface area contributed by atoms with Crippen LogP contribution in [0.4, 0.5) is 0 Å². The van der Waals surface area contributed by atoms with Crippen molar-refractivity contribution in [1.82, 2.24) is 0 Å². The lowest BCUT2D eigenvalue weighted by Crippen LogP contribution is -2.20. The summed E-state index contributed by atoms with van der Waals surface area (Å²) in [6, 6.07) is 17.2. The Morgan fingerprint density at radius 1 is 1.00 bits per heavy atom. The standard InChI is InChI=1S/C15H17O2P/c1-3-13-9-7-8-12-15(13)18(16,17-2)14-10-5-4-6-11-14/h4-12H,3H2,1-2H3. The molecule has 0 saturated heterocycles. The summed E-state index contributed by atoms with van der Waals surface area (Å²) < 4.78 is 18.6. The van der Waals surface area contributed by atoms with E-state index in [2.05, 4.69) is 6.92 Å². The average Bonchev–Trinajstić information content (AvgIpc) is 2.47. The molecule has 0 aromatic heterocycles. The van der Waals surface area contributed by atoms with Crippen molar-refractivity contribution in [3.05, 3.63) is 60.2 Å². The summed E-state index contributed by atoms with van der Waals surface area (Å²) in [5.74, 6) is 0. The molecule has 0 saturated carbocycles. The van der Waals surface area contributed by atoms with Gasteiger partial charge in [-0.1, -0.05) is 43.3 Å². The fourth-order valence-electron chi connectivity index (χ4n) is 2.06. The molecule has 2 aromatic carbocycles. The van der Waals surface area contributed by atoms with Gasteiger partial charge in [-0.05, 0) is 30.2 Å². The molecule has 2 nitrogen and oxygen atoms in total. The molecular formula is C15H17O2P. The van der Waals surface area contributed by atoms with Crippen LogP contribution in [0.5, 0.6) is 0 Å². The van der Waals surface area contributed by atoms with Gasteiger partial charge in [-0.2, -0.15) is 0 Å². The maximum Gasteiger partial charge on any atom is 0.261 e. The summed E-state index contributed by atoms with van der Waals surface area (Å²) in [6.07, 6.45) is 0.844. The van der Waals surface area contributed by atoms with Crippen molar-refractivity contribution in [1.29, 1.82) is 0 Å². The fraction of sp³-hybridized carbons (Fsp3) is 0.200. The third kappa shape index (κ3) is 2.27. The average molecular weight is 260 g/mol. The lowest BCUT2D eigenvalue weighted by molar-refractivity contribution is 0.412. The fourth-order valence-corrected chi connectivity index (χ4v) is 4.21. The number of rotatable bonds is 4. The van der Waals surface area contributed by atoms with Crippen LogP contribution in [0.1, 0.15) is 12.5 Å². The van der Waals surface area contributed by atoms with Gasteiger partial charge in [-0.3, -0.25) is 4.57 Å². The van der Waals surface area contributed by atoms with Gasteiger partial charge in [0.05, 0.1) is 0 Å². The van der Waals surface area contributed by atoms with Gasteiger partial charge < -0.3 is 4.52 Å². The highest BCUT2D eigenvalue weighted by atomic mass is 31.2. The molecule has 0 spiro atoms. The van der Waals surface area contributed by atoms with Crippen LogP contribution in [0.3, 0.4) is 0 Å². The molecule has 0 radical (unpaired) electrons. The van der Waals surface area contributed by atoms with Crippen molar-refractivity contribution in [2.75, 3.05) is 7.11 Å². The molecule has 0 aliphatic heterocycles. The summed E-state index contributed by atoms with van der Waals surface area (Å²) in [5, 5.41) is 1.55. The zero-order chi connectivity index (χ0) is 13.0. The van der Waals surface area contributed by atoms with Crippen molar-refractivity contribution >= 4 is 18.0 Å². The van der Waals surface area contributed by atoms with E-state index >= 15 is 0 Å². The predicted molar refractivity (Wildman–Crippen MR) is 76.1 cm³/mol. The van der Waals surface area contributed by atoms with Crippen LogP contribution < -0.4 is 10.6 Å². The van der Waals surface area contributed by atoms with Gasteiger partial charge in [0.1, 0.15) is 0 Å². The molecule has 2 rings (SSSR count). The third-order valence-corrected chi connectivity index (χ3v) is 5.61. The summed E-state index contributed by atoms with van der Waals surface area (Å²) in [6.45, 7) is 2.06. The van der Waals surface area contributed by atoms with Crippen molar-refractivity contribution in [2.24, 2.45) is 0 Å². The van der Waals surface area contributed by atoms with Crippen LogP contribution in [-0.4, -0.2) is 7.11 Å². The summed E-state index contributed by atoms with van der Waals surface area (Å²) in [5.41, 5.74) is 1.08. The molecule has 0 heterocycles. The SMILES string of the molecule is CCc1ccccc1P(=O)(OC)c1ccccc1. The monoisotopic (exact) mass is 260 g/mol. The number of benzene rings is 2. The zero-order valence-electron chi connectivity index (χ0n) is 10.7. The molecule has 0 aliphatic rings. The van der Waals surface area contributed by atoms with Crippen LogP contribution >= 0.6 is 7.37 Å². The van der Waals surface area contributed by atoms with E-state index in [1.165, 1.54) is 7.11 Å². The van der Waals surface area contributed by atoms with Crippen LogP contribution in [0.15, 0.2) is 54.6 Å². The van der Waals surface area contributed by atoms with Crippen LogP contribution in [0, 0.1) is 0 Å². The largest absolute Gasteiger partial charge is 0.325 e. The highest BCUT2D eigenvalue weighted by Crippen LogP contribution is 2.44. The van der Waals surface area contributed by atoms with Gasteiger partial charge in [-0.25, -0.2) is 0 Å². The lowest BCUT2D eigenvalue weighted by Gasteiger charge is -2.19. The second kappa shape index (κ2) is 5.51. The highest BCUT2D eigenvalue weighted by molar-refractivity contribution is 7.74. The van der Waals surface area contributed by atoms with Crippen molar-refractivity contribution < 1.29 is 9.09 Å². The van der Waals surface area contributed by atoms with E-state index in [1.807, 2.05) is 54.6 Å². The molecule has 0 fully saturated rings. The molecule has 18 heavy (non-hydrogen) atoms. The number of hydrogen-bond donors (Lipinski definition) is 0. The van der Waals surface area contributed by atoms with Crippen molar-refractivity contribution in [3.8, 4) is 0 Å². The first kappa shape index (κ1) is 13.1. The Kier molecular flexibility index (Phi) is 4.00. The minimum Gasteiger partial charge on any atom is -0.325 e. The molecule has 1 unspecified atom stereocenters. The van der Waals surface area contributed by atoms with Crippen LogP contribution in [-0.2, 0) is 15.5 Å². The normalized spacial score (nSPS) is 14.1. The zero-order valence-corrected chi connectivity index (χ0v) is 11.6. The quantitative estimate of drug-likeness (QED) is 0.789. The van der Waals surface area contributed by atoms with Gasteiger partial charge >= 0.3 is 0 Å². The third-order valence-electron chi connectivity index (χ3n) is 3.04. The lowest BCUT2D eigenvalue weighted by atomic mass is 10.2. The Morgan fingerprint density at radius 2 is 1.61 bits per heavy atom. The first-order chi connectivity index (χ1) is 8.72. The van der Waals surface area contributed by atoms with Crippen LogP contribution in [0.2, 0.25) is 0 Å². The minimum absolute atomic E-state index is 0.744. The summed E-state index contributed by atoms with van der Waals surface area (Å²) >= 11 is 0. The van der Waals surface area contributed by atoms with E-state index in [0.29, 0.717) is 0 Å². The maximum absolute atomic E-state index is 13.1. The van der Waals surface area contributed by atoms with Gasteiger partial charge in [0.2, 0.25) is 0 Å². The molecule has 0 N–H and O–H groups in total. The van der Waals surface area contributed by atoms with E-state index in [0.717, 1.165) is 22.6 Å². The van der Waals surface area contributed by atoms with Gasteiger partial charge in [0.15, 0.2) is 0 Å². The van der Waals surface area contributed by atoms with Crippen molar-refractivity contribution in [3.63, 3.8) is 0 Å². The molecule has 0 amide bonds. The van der Waals surface area contributed by atoms with E-state index < -0.39 is 7.37 Å². The van der Waals surface area contributed by atoms with E-state index in [-0.39, 0.29) is 0 Å². The maximum atomic E-state index is 13.1. The summed E-state index contributed by atoms with van der Waals surface area (Å²) in [7, 11) is -1.45. The van der Waals surface area contributed by atoms with Gasteiger partial charge in [0.25, 0.3) is 7.37 Å². The Balaban J connectivity index is 2.61. The van der Waals surface area contributed by atoms with Crippen LogP contribution in [0.25, 0.3) is 0 Å². The first-order valence-electron chi connectivity index (χ1n) is 6.02. The predicted octanol–water partition coefficient (Wildman–Crippen LogP) is 3.12. The van der Waals surface area contributed by atoms with Gasteiger partial charge in [-0.15, -0.1) is 0 Å². The minimum atomic E-state index is -2.96. The van der Waals surface area contributed by atoms with E-state index in [9.17, 15) is 4.57 Å². The Labute approximate surface area is 108 Å². The first-order valence-corrected chi connectivity index (χ1v) is 7.64. The molecule has 3 heteroatoms. The van der Waals surface area contributed by atoms with Gasteiger partial charge in [0, 0.05) is 17.7 Å². The second-order valence-corrected chi connectivity index (χ2v) is 6.52. The van der Waals surface area contributed by atoms with Crippen molar-refractivity contribution in [2.45, 2.75) is 13.3 Å². The Bertz CT molecular complexity index is 564. The second-order valence-electron chi connectivity index (χ2n) is 4.05. The molecule has 1 atom stereocenters. The molecular weight excluding hydrogens is 243 g/mol. The van der Waals surface area contributed by atoms with E-state index in [4.69, 9.17) is 4.52 Å².